The second-order valence-electron chi connectivity index (χ2n) is 5.82. The van der Waals surface area contributed by atoms with Crippen LogP contribution in [0.15, 0.2) is 23.1 Å². The zero-order valence-electron chi connectivity index (χ0n) is 10.7. The lowest BCUT2D eigenvalue weighted by molar-refractivity contribution is 0.365. The highest BCUT2D eigenvalue weighted by Crippen LogP contribution is 2.43. The normalized spacial score (nSPS) is 24.3. The van der Waals surface area contributed by atoms with Crippen molar-refractivity contribution in [2.24, 2.45) is 5.41 Å². The molecule has 1 spiro atoms. The Morgan fingerprint density at radius 2 is 1.94 bits per heavy atom. The Labute approximate surface area is 109 Å². The van der Waals surface area contributed by atoms with Crippen LogP contribution >= 0.6 is 0 Å². The average Bonchev–Trinajstić information content (AvgIpc) is 2.70. The standard InChI is InChI=1S/C14H19NO2S/c1-11-4-5-13-12(8-11)15-9-14(6-2-3-7-14)10-18(13,16)17/h4-5,8,15H,2-3,6-7,9-10H2,1H3. The Morgan fingerprint density at radius 1 is 1.22 bits per heavy atom. The van der Waals surface area contributed by atoms with Crippen molar-refractivity contribution in [3.63, 3.8) is 0 Å². The van der Waals surface area contributed by atoms with Crippen LogP contribution in [0.4, 0.5) is 5.69 Å². The van der Waals surface area contributed by atoms with Crippen LogP contribution in [0.1, 0.15) is 31.2 Å². The van der Waals surface area contributed by atoms with Gasteiger partial charge in [0.05, 0.1) is 16.3 Å². The van der Waals surface area contributed by atoms with Crippen molar-refractivity contribution in [3.05, 3.63) is 23.8 Å². The number of hydrogen-bond acceptors (Lipinski definition) is 3. The van der Waals surface area contributed by atoms with E-state index in [0.29, 0.717) is 10.6 Å². The number of benzene rings is 1. The van der Waals surface area contributed by atoms with Crippen LogP contribution in [0, 0.1) is 12.3 Å². The summed E-state index contributed by atoms with van der Waals surface area (Å²) in [7, 11) is -3.15. The van der Waals surface area contributed by atoms with E-state index in [1.165, 1.54) is 0 Å². The lowest BCUT2D eigenvalue weighted by Crippen LogP contribution is -2.31. The fraction of sp³-hybridized carbons (Fsp3) is 0.571. The van der Waals surface area contributed by atoms with Crippen molar-refractivity contribution in [2.75, 3.05) is 17.6 Å². The van der Waals surface area contributed by atoms with Gasteiger partial charge in [-0.25, -0.2) is 8.42 Å². The van der Waals surface area contributed by atoms with Crippen molar-refractivity contribution in [2.45, 2.75) is 37.5 Å². The number of hydrogen-bond donors (Lipinski definition) is 1. The minimum atomic E-state index is -3.15. The Balaban J connectivity index is 2.08. The van der Waals surface area contributed by atoms with Gasteiger partial charge >= 0.3 is 0 Å². The molecule has 98 valence electrons. The van der Waals surface area contributed by atoms with E-state index in [2.05, 4.69) is 5.32 Å². The summed E-state index contributed by atoms with van der Waals surface area (Å²) in [6.45, 7) is 2.79. The molecule has 2 aliphatic rings. The van der Waals surface area contributed by atoms with Gasteiger partial charge in [0.2, 0.25) is 0 Å². The first-order valence-electron chi connectivity index (χ1n) is 6.58. The van der Waals surface area contributed by atoms with Crippen molar-refractivity contribution in [1.82, 2.24) is 0 Å². The second-order valence-corrected chi connectivity index (χ2v) is 7.78. The van der Waals surface area contributed by atoms with E-state index in [0.717, 1.165) is 43.5 Å². The molecule has 3 nitrogen and oxygen atoms in total. The summed E-state index contributed by atoms with van der Waals surface area (Å²) in [5.41, 5.74) is 1.85. The van der Waals surface area contributed by atoms with Crippen molar-refractivity contribution >= 4 is 15.5 Å². The fourth-order valence-corrected chi connectivity index (χ4v) is 5.41. The zero-order valence-corrected chi connectivity index (χ0v) is 11.5. The number of fused-ring (bicyclic) bond motifs is 1. The molecule has 0 saturated heterocycles. The molecule has 18 heavy (non-hydrogen) atoms. The maximum absolute atomic E-state index is 12.5. The van der Waals surface area contributed by atoms with Gasteiger partial charge in [-0.1, -0.05) is 18.9 Å². The summed E-state index contributed by atoms with van der Waals surface area (Å²) in [5.74, 6) is 0.309. The number of aryl methyl sites for hydroxylation is 1. The molecular weight excluding hydrogens is 246 g/mol. The van der Waals surface area contributed by atoms with Crippen LogP contribution in [0.3, 0.4) is 0 Å². The highest BCUT2D eigenvalue weighted by molar-refractivity contribution is 7.91. The molecule has 0 radical (unpaired) electrons. The van der Waals surface area contributed by atoms with E-state index >= 15 is 0 Å². The Kier molecular flexibility index (Phi) is 2.66. The highest BCUT2D eigenvalue weighted by atomic mass is 32.2. The van der Waals surface area contributed by atoms with Gasteiger partial charge in [0, 0.05) is 12.0 Å². The zero-order chi connectivity index (χ0) is 12.8. The summed E-state index contributed by atoms with van der Waals surface area (Å²) in [6, 6.07) is 5.58. The van der Waals surface area contributed by atoms with Gasteiger partial charge < -0.3 is 5.32 Å². The van der Waals surface area contributed by atoms with Gasteiger partial charge in [0.25, 0.3) is 0 Å². The maximum atomic E-state index is 12.5. The lowest BCUT2D eigenvalue weighted by atomic mass is 9.88. The molecule has 0 amide bonds. The third kappa shape index (κ3) is 1.92. The van der Waals surface area contributed by atoms with Crippen molar-refractivity contribution in [1.29, 1.82) is 0 Å². The average molecular weight is 265 g/mol. The number of anilines is 1. The maximum Gasteiger partial charge on any atom is 0.181 e. The molecule has 0 atom stereocenters. The Morgan fingerprint density at radius 3 is 2.67 bits per heavy atom. The molecule has 1 aliphatic heterocycles. The third-order valence-corrected chi connectivity index (χ3v) is 6.30. The first kappa shape index (κ1) is 12.0. The van der Waals surface area contributed by atoms with Gasteiger partial charge in [-0.05, 0) is 37.5 Å². The molecule has 1 aromatic carbocycles. The minimum absolute atomic E-state index is 0.0360. The Bertz CT molecular complexity index is 571. The summed E-state index contributed by atoms with van der Waals surface area (Å²) in [5, 5.41) is 3.38. The second kappa shape index (κ2) is 3.98. The van der Waals surface area contributed by atoms with Crippen LogP contribution in [0.5, 0.6) is 0 Å². The first-order valence-corrected chi connectivity index (χ1v) is 8.23. The fourth-order valence-electron chi connectivity index (χ4n) is 3.31. The van der Waals surface area contributed by atoms with Gasteiger partial charge in [-0.2, -0.15) is 0 Å². The summed E-state index contributed by atoms with van der Waals surface area (Å²) in [6.07, 6.45) is 4.39. The van der Waals surface area contributed by atoms with Gasteiger partial charge in [-0.15, -0.1) is 0 Å². The summed E-state index contributed by atoms with van der Waals surface area (Å²) in [4.78, 5) is 0.483. The topological polar surface area (TPSA) is 46.2 Å². The SMILES string of the molecule is Cc1ccc2c(c1)NCC1(CCCC1)CS2(=O)=O. The molecule has 1 aliphatic carbocycles. The highest BCUT2D eigenvalue weighted by Gasteiger charge is 2.41. The molecule has 4 heteroatoms. The van der Waals surface area contributed by atoms with E-state index in [4.69, 9.17) is 0 Å². The van der Waals surface area contributed by atoms with Gasteiger partial charge in [0.1, 0.15) is 0 Å². The number of rotatable bonds is 0. The van der Waals surface area contributed by atoms with Crippen molar-refractivity contribution < 1.29 is 8.42 Å². The van der Waals surface area contributed by atoms with E-state index in [9.17, 15) is 8.42 Å². The van der Waals surface area contributed by atoms with E-state index in [1.54, 1.807) is 6.07 Å². The molecule has 1 fully saturated rings. The van der Waals surface area contributed by atoms with Crippen LogP contribution in [-0.4, -0.2) is 20.7 Å². The predicted molar refractivity (Wildman–Crippen MR) is 72.6 cm³/mol. The van der Waals surface area contributed by atoms with Gasteiger partial charge in [0.15, 0.2) is 9.84 Å². The Hall–Kier alpha value is -1.03. The summed E-state index contributed by atoms with van der Waals surface area (Å²) < 4.78 is 25.1. The third-order valence-electron chi connectivity index (χ3n) is 4.28. The van der Waals surface area contributed by atoms with Crippen LogP contribution < -0.4 is 5.32 Å². The molecule has 0 bridgehead atoms. The quantitative estimate of drug-likeness (QED) is 0.784. The molecule has 0 unspecified atom stereocenters. The van der Waals surface area contributed by atoms with E-state index in [1.807, 2.05) is 19.1 Å². The predicted octanol–water partition coefficient (Wildman–Crippen LogP) is 2.75. The molecular formula is C14H19NO2S. The molecule has 1 aromatic rings. The lowest BCUT2D eigenvalue weighted by Gasteiger charge is -2.26. The van der Waals surface area contributed by atoms with Crippen LogP contribution in [-0.2, 0) is 9.84 Å². The van der Waals surface area contributed by atoms with E-state index in [-0.39, 0.29) is 5.41 Å². The number of nitrogens with one attached hydrogen (secondary N) is 1. The van der Waals surface area contributed by atoms with E-state index < -0.39 is 9.84 Å². The molecule has 1 heterocycles. The first-order chi connectivity index (χ1) is 8.51. The monoisotopic (exact) mass is 265 g/mol. The molecule has 1 N–H and O–H groups in total. The smallest absolute Gasteiger partial charge is 0.181 e. The largest absolute Gasteiger partial charge is 0.383 e. The molecule has 1 saturated carbocycles. The van der Waals surface area contributed by atoms with Crippen molar-refractivity contribution in [3.8, 4) is 0 Å². The molecule has 3 rings (SSSR count). The van der Waals surface area contributed by atoms with Gasteiger partial charge in [-0.3, -0.25) is 0 Å². The van der Waals surface area contributed by atoms with Crippen LogP contribution in [0.25, 0.3) is 0 Å². The van der Waals surface area contributed by atoms with Crippen LogP contribution in [0.2, 0.25) is 0 Å². The molecule has 0 aromatic heterocycles. The minimum Gasteiger partial charge on any atom is -0.383 e. The summed E-state index contributed by atoms with van der Waals surface area (Å²) >= 11 is 0. The number of sulfone groups is 1.